The summed E-state index contributed by atoms with van der Waals surface area (Å²) in [5.41, 5.74) is 3.22. The second-order valence-electron chi connectivity index (χ2n) is 11.8. The van der Waals surface area contributed by atoms with Gasteiger partial charge in [0.1, 0.15) is 11.7 Å². The fourth-order valence-electron chi connectivity index (χ4n) is 9.39. The highest BCUT2D eigenvalue weighted by molar-refractivity contribution is 5.63. The molecule has 6 atom stereocenters. The van der Waals surface area contributed by atoms with E-state index in [1.54, 1.807) is 0 Å². The van der Waals surface area contributed by atoms with Gasteiger partial charge in [-0.05, 0) is 62.9 Å². The van der Waals surface area contributed by atoms with Crippen LogP contribution < -0.4 is 4.74 Å². The predicted molar refractivity (Wildman–Crippen MR) is 129 cm³/mol. The van der Waals surface area contributed by atoms with Crippen LogP contribution in [-0.2, 0) is 27.9 Å². The number of fused-ring (bicyclic) bond motifs is 2. The Hall–Kier alpha value is -2.08. The maximum atomic E-state index is 10.9. The summed E-state index contributed by atoms with van der Waals surface area (Å²) < 4.78 is 19.9. The van der Waals surface area contributed by atoms with Crippen LogP contribution in [0.5, 0.6) is 11.5 Å². The Balaban J connectivity index is 1.36. The van der Waals surface area contributed by atoms with Crippen LogP contribution in [0.3, 0.4) is 0 Å². The summed E-state index contributed by atoms with van der Waals surface area (Å²) in [6.45, 7) is 4.67. The van der Waals surface area contributed by atoms with Crippen molar-refractivity contribution in [3.8, 4) is 11.5 Å². The minimum Gasteiger partial charge on any atom is -0.504 e. The number of aromatic hydroxyl groups is 1. The number of nitrogens with zero attached hydrogens (tertiary/aromatic N) is 1. The zero-order valence-electron chi connectivity index (χ0n) is 20.5. The van der Waals surface area contributed by atoms with Crippen molar-refractivity contribution in [1.82, 2.24) is 4.90 Å². The first-order valence-corrected chi connectivity index (χ1v) is 12.8. The number of piperidine rings is 1. The largest absolute Gasteiger partial charge is 0.504 e. The zero-order valence-corrected chi connectivity index (χ0v) is 20.5. The normalized spacial score (nSPS) is 41.3. The van der Waals surface area contributed by atoms with Crippen molar-refractivity contribution in [1.29, 1.82) is 0 Å². The summed E-state index contributed by atoms with van der Waals surface area (Å²) >= 11 is 0. The van der Waals surface area contributed by atoms with Crippen LogP contribution in [0.2, 0.25) is 0 Å². The molecule has 8 rings (SSSR count). The second-order valence-corrected chi connectivity index (χ2v) is 11.8. The zero-order chi connectivity index (χ0) is 23.3. The predicted octanol–water partition coefficient (Wildman–Crippen LogP) is 4.44. The van der Waals surface area contributed by atoms with Crippen LogP contribution in [0.25, 0.3) is 0 Å². The lowest BCUT2D eigenvalue weighted by Crippen LogP contribution is -2.83. The highest BCUT2D eigenvalue weighted by atomic mass is 16.6. The molecule has 2 aromatic rings. The Bertz CT molecular complexity index is 1150. The van der Waals surface area contributed by atoms with Gasteiger partial charge < -0.3 is 24.2 Å². The van der Waals surface area contributed by atoms with Gasteiger partial charge >= 0.3 is 0 Å². The van der Waals surface area contributed by atoms with E-state index in [0.717, 1.165) is 44.4 Å². The van der Waals surface area contributed by atoms with Crippen LogP contribution in [0.1, 0.15) is 49.3 Å². The van der Waals surface area contributed by atoms with Gasteiger partial charge in [0.15, 0.2) is 11.5 Å². The molecule has 5 heteroatoms. The summed E-state index contributed by atoms with van der Waals surface area (Å²) in [4.78, 5) is 2.60. The summed E-state index contributed by atoms with van der Waals surface area (Å²) in [6, 6.07) is 14.9. The molecule has 4 fully saturated rings. The minimum atomic E-state index is -0.452. The summed E-state index contributed by atoms with van der Waals surface area (Å²) in [6.07, 6.45) is 5.15. The number of hydrogen-bond acceptors (Lipinski definition) is 5. The van der Waals surface area contributed by atoms with Crippen molar-refractivity contribution < 1.29 is 19.3 Å². The number of likely N-dealkylation sites (N-methyl/N-ethyl adjacent to an activating group) is 1. The number of hydrogen-bond donors (Lipinski definition) is 1. The maximum absolute atomic E-state index is 10.9. The van der Waals surface area contributed by atoms with Gasteiger partial charge in [-0.1, -0.05) is 43.3 Å². The van der Waals surface area contributed by atoms with E-state index in [2.05, 4.69) is 49.2 Å². The molecular formula is C29H35NO4. The van der Waals surface area contributed by atoms with E-state index in [-0.39, 0.29) is 28.1 Å². The molecular weight excluding hydrogens is 426 g/mol. The lowest BCUT2D eigenvalue weighted by atomic mass is 9.32. The van der Waals surface area contributed by atoms with Gasteiger partial charge in [0.05, 0.1) is 13.2 Å². The second kappa shape index (κ2) is 6.77. The molecule has 0 amide bonds. The van der Waals surface area contributed by atoms with E-state index in [4.69, 9.17) is 14.2 Å². The molecule has 6 aliphatic rings. The molecule has 2 aliphatic heterocycles. The number of phenolic OH excluding ortho intramolecular Hbond substituents is 1. The smallest absolute Gasteiger partial charge is 0.165 e. The maximum Gasteiger partial charge on any atom is 0.165 e. The molecule has 0 aromatic heterocycles. The Morgan fingerprint density at radius 3 is 2.74 bits per heavy atom. The third kappa shape index (κ3) is 2.23. The van der Waals surface area contributed by atoms with E-state index >= 15 is 0 Å². The van der Waals surface area contributed by atoms with E-state index < -0.39 is 5.60 Å². The van der Waals surface area contributed by atoms with Gasteiger partial charge in [0.25, 0.3) is 0 Å². The lowest BCUT2D eigenvalue weighted by Gasteiger charge is -2.76. The van der Waals surface area contributed by atoms with E-state index in [9.17, 15) is 5.11 Å². The van der Waals surface area contributed by atoms with Crippen LogP contribution in [0.15, 0.2) is 42.5 Å². The first-order chi connectivity index (χ1) is 16.4. The van der Waals surface area contributed by atoms with Crippen molar-refractivity contribution in [3.63, 3.8) is 0 Å². The summed E-state index contributed by atoms with van der Waals surface area (Å²) in [5, 5.41) is 10.9. The van der Waals surface area contributed by atoms with E-state index in [1.807, 2.05) is 19.2 Å². The Kier molecular flexibility index (Phi) is 4.23. The number of phenols is 1. The fourth-order valence-corrected chi connectivity index (χ4v) is 9.39. The Labute approximate surface area is 202 Å². The number of likely N-dealkylation sites (tertiary alicyclic amines) is 1. The van der Waals surface area contributed by atoms with Crippen LogP contribution >= 0.6 is 0 Å². The molecule has 4 bridgehead atoms. The molecule has 0 radical (unpaired) electrons. The molecule has 2 heterocycles. The quantitative estimate of drug-likeness (QED) is 0.713. The first-order valence-electron chi connectivity index (χ1n) is 12.8. The third-order valence-corrected chi connectivity index (χ3v) is 10.7. The highest BCUT2D eigenvalue weighted by Crippen LogP contribution is 2.78. The highest BCUT2D eigenvalue weighted by Gasteiger charge is 2.82. The monoisotopic (exact) mass is 461 g/mol. The molecule has 1 unspecified atom stereocenters. The van der Waals surface area contributed by atoms with Gasteiger partial charge in [0.2, 0.25) is 0 Å². The van der Waals surface area contributed by atoms with Gasteiger partial charge in [-0.3, -0.25) is 0 Å². The van der Waals surface area contributed by atoms with Crippen LogP contribution in [0, 0.1) is 10.8 Å². The molecule has 5 nitrogen and oxygen atoms in total. The Morgan fingerprint density at radius 2 is 1.94 bits per heavy atom. The number of methoxy groups -OCH3 is 1. The molecule has 3 saturated carbocycles. The van der Waals surface area contributed by atoms with E-state index in [1.165, 1.54) is 16.7 Å². The Morgan fingerprint density at radius 1 is 1.12 bits per heavy atom. The molecule has 4 aliphatic carbocycles. The molecule has 1 N–H and O–H groups in total. The molecule has 2 spiro atoms. The van der Waals surface area contributed by atoms with Gasteiger partial charge in [-0.25, -0.2) is 0 Å². The number of benzene rings is 2. The van der Waals surface area contributed by atoms with Crippen molar-refractivity contribution in [2.45, 2.75) is 68.8 Å². The fraction of sp³-hybridized carbons (Fsp3) is 0.586. The van der Waals surface area contributed by atoms with Crippen molar-refractivity contribution in [2.24, 2.45) is 10.8 Å². The van der Waals surface area contributed by atoms with Crippen molar-refractivity contribution >= 4 is 0 Å². The van der Waals surface area contributed by atoms with Crippen molar-refractivity contribution in [3.05, 3.63) is 59.2 Å². The van der Waals surface area contributed by atoms with Crippen LogP contribution in [0.4, 0.5) is 0 Å². The molecule has 2 aromatic carbocycles. The summed E-state index contributed by atoms with van der Waals surface area (Å²) in [7, 11) is 4.17. The first kappa shape index (κ1) is 21.2. The average Bonchev–Trinajstić information content (AvgIpc) is 3.21. The SMILES string of the molecule is CO[C@]12CC[C@@]3(C[C@]1(C)COCc1ccccc1)[C@H]1Cc4ccc(O)c5c4[C@@]3(CCN1C)C2O5. The molecule has 1 saturated heterocycles. The van der Waals surface area contributed by atoms with Gasteiger partial charge in [-0.2, -0.15) is 0 Å². The average molecular weight is 462 g/mol. The topological polar surface area (TPSA) is 51.2 Å². The molecule has 180 valence electrons. The summed E-state index contributed by atoms with van der Waals surface area (Å²) in [5.74, 6) is 1.01. The van der Waals surface area contributed by atoms with Crippen LogP contribution in [-0.4, -0.2) is 55.1 Å². The van der Waals surface area contributed by atoms with Gasteiger partial charge in [0, 0.05) is 35.0 Å². The van der Waals surface area contributed by atoms with Crippen molar-refractivity contribution in [2.75, 3.05) is 27.3 Å². The minimum absolute atomic E-state index is 0.0982. The van der Waals surface area contributed by atoms with Gasteiger partial charge in [-0.15, -0.1) is 0 Å². The lowest BCUT2D eigenvalue weighted by molar-refractivity contribution is -0.313. The third-order valence-electron chi connectivity index (χ3n) is 10.7. The number of rotatable bonds is 5. The number of ether oxygens (including phenoxy) is 3. The van der Waals surface area contributed by atoms with E-state index in [0.29, 0.717) is 19.3 Å². The molecule has 34 heavy (non-hydrogen) atoms. The standard InChI is InChI=1S/C29H35NO4/c1-26(18-33-16-19-7-5-4-6-8-19)17-27-11-12-29(26,32-3)25-28(27)13-14-30(2)22(27)15-20-9-10-21(31)24(34-25)23(20)28/h4-10,22,25,31H,11-18H2,1-3H3/t22-,25?,26-,27-,28+,29+/m1/s1.